The van der Waals surface area contributed by atoms with Crippen LogP contribution in [0, 0.1) is 0 Å². The van der Waals surface area contributed by atoms with E-state index in [4.69, 9.17) is 4.74 Å². The van der Waals surface area contributed by atoms with Crippen LogP contribution in [0.15, 0.2) is 18.2 Å². The lowest BCUT2D eigenvalue weighted by Gasteiger charge is -2.19. The molecule has 32 heavy (non-hydrogen) atoms. The fraction of sp³-hybridized carbons (Fsp3) is 0.522. The van der Waals surface area contributed by atoms with Crippen LogP contribution in [0.1, 0.15) is 70.9 Å². The lowest BCUT2D eigenvalue weighted by atomic mass is 9.92. The van der Waals surface area contributed by atoms with Crippen molar-refractivity contribution < 1.29 is 23.9 Å². The maximum absolute atomic E-state index is 12.5. The second-order valence-electron chi connectivity index (χ2n) is 9.06. The molecule has 0 radical (unpaired) electrons. The molecular weight excluding hydrogens is 412 g/mol. The Bertz CT molecular complexity index is 1050. The molecule has 1 aliphatic heterocycles. The largest absolute Gasteiger partial charge is 0.460 e. The summed E-state index contributed by atoms with van der Waals surface area (Å²) in [6, 6.07) is 5.45. The van der Waals surface area contributed by atoms with E-state index < -0.39 is 11.5 Å². The van der Waals surface area contributed by atoms with Gasteiger partial charge in [-0.3, -0.25) is 29.2 Å². The van der Waals surface area contributed by atoms with Gasteiger partial charge in [0.15, 0.2) is 0 Å². The first kappa shape index (κ1) is 23.4. The minimum Gasteiger partial charge on any atom is -0.460 e. The minimum absolute atomic E-state index is 0.162. The van der Waals surface area contributed by atoms with E-state index in [0.29, 0.717) is 36.2 Å². The molecule has 0 saturated carbocycles. The average Bonchev–Trinajstić information content (AvgIpc) is 3.01. The number of nitrogens with zero attached hydrogens (tertiary/aromatic N) is 2. The average molecular weight is 443 g/mol. The summed E-state index contributed by atoms with van der Waals surface area (Å²) in [5, 5.41) is 10.6. The molecule has 9 nitrogen and oxygen atoms in total. The fourth-order valence-electron chi connectivity index (χ4n) is 3.84. The molecule has 172 valence electrons. The molecule has 0 bridgehead atoms. The van der Waals surface area contributed by atoms with E-state index in [0.717, 1.165) is 5.39 Å². The summed E-state index contributed by atoms with van der Waals surface area (Å²) in [6.07, 6.45) is 2.36. The molecule has 3 rings (SSSR count). The Kier molecular flexibility index (Phi) is 6.96. The van der Waals surface area contributed by atoms with Gasteiger partial charge in [-0.05, 0) is 46.1 Å². The van der Waals surface area contributed by atoms with E-state index in [1.165, 1.54) is 0 Å². The van der Waals surface area contributed by atoms with Crippen LogP contribution in [0.2, 0.25) is 0 Å². The Hall–Kier alpha value is -3.23. The zero-order valence-electron chi connectivity index (χ0n) is 19.0. The second kappa shape index (κ2) is 9.50. The SMILES string of the molecule is Cn1nc(C2CCC(=O)NC2=O)c2cccc(NC(=O)CCCCC(=O)OC(C)(C)C)c21. The molecule has 2 heterocycles. The summed E-state index contributed by atoms with van der Waals surface area (Å²) in [6.45, 7) is 5.47. The highest BCUT2D eigenvalue weighted by molar-refractivity contribution is 6.05. The third kappa shape index (κ3) is 5.72. The number of para-hydroxylation sites is 1. The summed E-state index contributed by atoms with van der Waals surface area (Å²) < 4.78 is 6.92. The molecule has 1 unspecified atom stereocenters. The molecule has 2 aromatic rings. The first-order valence-corrected chi connectivity index (χ1v) is 10.9. The van der Waals surface area contributed by atoms with Gasteiger partial charge in [-0.15, -0.1) is 0 Å². The maximum atomic E-state index is 12.5. The predicted molar refractivity (Wildman–Crippen MR) is 119 cm³/mol. The van der Waals surface area contributed by atoms with Crippen molar-refractivity contribution in [1.29, 1.82) is 0 Å². The van der Waals surface area contributed by atoms with Crippen LogP contribution in [0.25, 0.3) is 10.9 Å². The number of esters is 1. The lowest BCUT2D eigenvalue weighted by Crippen LogP contribution is -2.39. The summed E-state index contributed by atoms with van der Waals surface area (Å²) in [7, 11) is 1.76. The molecule has 2 N–H and O–H groups in total. The first-order chi connectivity index (χ1) is 15.0. The monoisotopic (exact) mass is 442 g/mol. The van der Waals surface area contributed by atoms with Crippen LogP contribution in [0.5, 0.6) is 0 Å². The van der Waals surface area contributed by atoms with Gasteiger partial charge in [0.1, 0.15) is 5.60 Å². The third-order valence-electron chi connectivity index (χ3n) is 5.19. The Labute approximate surface area is 186 Å². The van der Waals surface area contributed by atoms with Crippen LogP contribution < -0.4 is 10.6 Å². The topological polar surface area (TPSA) is 119 Å². The summed E-state index contributed by atoms with van der Waals surface area (Å²) >= 11 is 0. The van der Waals surface area contributed by atoms with Crippen molar-refractivity contribution in [1.82, 2.24) is 15.1 Å². The first-order valence-electron chi connectivity index (χ1n) is 10.9. The molecule has 0 spiro atoms. The maximum Gasteiger partial charge on any atom is 0.306 e. The molecule has 0 aliphatic carbocycles. The van der Waals surface area contributed by atoms with Crippen molar-refractivity contribution in [2.45, 2.75) is 70.8 Å². The van der Waals surface area contributed by atoms with Gasteiger partial charge in [-0.2, -0.15) is 5.10 Å². The molecule has 1 saturated heterocycles. The number of carbonyl (C=O) groups excluding carboxylic acids is 4. The lowest BCUT2D eigenvalue weighted by molar-refractivity contribution is -0.155. The summed E-state index contributed by atoms with van der Waals surface area (Å²) in [4.78, 5) is 48.0. The van der Waals surface area contributed by atoms with E-state index in [9.17, 15) is 19.2 Å². The van der Waals surface area contributed by atoms with Crippen molar-refractivity contribution in [3.05, 3.63) is 23.9 Å². The van der Waals surface area contributed by atoms with Crippen molar-refractivity contribution in [3.63, 3.8) is 0 Å². The zero-order chi connectivity index (χ0) is 23.5. The second-order valence-corrected chi connectivity index (χ2v) is 9.06. The number of carbonyl (C=O) groups is 4. The number of amides is 3. The van der Waals surface area contributed by atoms with Gasteiger partial charge in [0.05, 0.1) is 22.8 Å². The number of fused-ring (bicyclic) bond motifs is 1. The molecule has 1 atom stereocenters. The predicted octanol–water partition coefficient (Wildman–Crippen LogP) is 2.93. The van der Waals surface area contributed by atoms with Crippen molar-refractivity contribution in [2.24, 2.45) is 7.05 Å². The van der Waals surface area contributed by atoms with Gasteiger partial charge in [-0.1, -0.05) is 12.1 Å². The van der Waals surface area contributed by atoms with Crippen molar-refractivity contribution >= 4 is 40.3 Å². The number of hydrogen-bond acceptors (Lipinski definition) is 6. The molecule has 1 aromatic heterocycles. The van der Waals surface area contributed by atoms with Crippen LogP contribution in [0.4, 0.5) is 5.69 Å². The number of ether oxygens (including phenoxy) is 1. The number of aromatic nitrogens is 2. The minimum atomic E-state index is -0.511. The molecule has 3 amide bonds. The number of aryl methyl sites for hydroxylation is 1. The standard InChI is InChI=1S/C23H30N4O5/c1-23(2,3)32-19(30)11-6-5-10-17(28)24-16-9-7-8-14-20(26-27(4)21(14)16)15-12-13-18(29)25-22(15)31/h7-9,15H,5-6,10-13H2,1-4H3,(H,24,28)(H,25,29,31). The summed E-state index contributed by atoms with van der Waals surface area (Å²) in [5.41, 5.74) is 1.41. The van der Waals surface area contributed by atoms with Gasteiger partial charge in [0.2, 0.25) is 17.7 Å². The number of hydrogen-bond donors (Lipinski definition) is 2. The van der Waals surface area contributed by atoms with E-state index in [1.807, 2.05) is 26.8 Å². The number of rotatable bonds is 7. The number of piperidine rings is 1. The van der Waals surface area contributed by atoms with Crippen LogP contribution >= 0.6 is 0 Å². The zero-order valence-corrected chi connectivity index (χ0v) is 19.0. The molecule has 1 aliphatic rings. The smallest absolute Gasteiger partial charge is 0.306 e. The van der Waals surface area contributed by atoms with Gasteiger partial charge >= 0.3 is 5.97 Å². The van der Waals surface area contributed by atoms with Crippen molar-refractivity contribution in [2.75, 3.05) is 5.32 Å². The van der Waals surface area contributed by atoms with Crippen LogP contribution in [-0.2, 0) is 31.0 Å². The Morgan fingerprint density at radius 2 is 1.94 bits per heavy atom. The van der Waals surface area contributed by atoms with Gasteiger partial charge in [0.25, 0.3) is 0 Å². The Morgan fingerprint density at radius 3 is 2.62 bits per heavy atom. The summed E-state index contributed by atoms with van der Waals surface area (Å²) in [5.74, 6) is -1.55. The van der Waals surface area contributed by atoms with Crippen molar-refractivity contribution in [3.8, 4) is 0 Å². The van der Waals surface area contributed by atoms with Crippen LogP contribution in [-0.4, -0.2) is 39.1 Å². The highest BCUT2D eigenvalue weighted by Crippen LogP contribution is 2.33. The number of benzene rings is 1. The Morgan fingerprint density at radius 1 is 1.22 bits per heavy atom. The van der Waals surface area contributed by atoms with E-state index in [1.54, 1.807) is 23.9 Å². The Balaban J connectivity index is 1.64. The van der Waals surface area contributed by atoms with Gasteiger partial charge in [-0.25, -0.2) is 0 Å². The normalized spacial score (nSPS) is 16.7. The van der Waals surface area contributed by atoms with Gasteiger partial charge < -0.3 is 10.1 Å². The quantitative estimate of drug-likeness (QED) is 0.387. The van der Waals surface area contributed by atoms with E-state index in [2.05, 4.69) is 15.7 Å². The number of nitrogens with one attached hydrogen (secondary N) is 2. The molecular formula is C23H30N4O5. The highest BCUT2D eigenvalue weighted by Gasteiger charge is 2.32. The van der Waals surface area contributed by atoms with Gasteiger partial charge in [0, 0.05) is 31.7 Å². The van der Waals surface area contributed by atoms with E-state index >= 15 is 0 Å². The molecule has 1 fully saturated rings. The molecule has 1 aromatic carbocycles. The highest BCUT2D eigenvalue weighted by atomic mass is 16.6. The number of imide groups is 1. The molecule has 9 heteroatoms. The number of unbranched alkanes of at least 4 members (excludes halogenated alkanes) is 1. The fourth-order valence-corrected chi connectivity index (χ4v) is 3.84. The number of anilines is 1. The third-order valence-corrected chi connectivity index (χ3v) is 5.19. The van der Waals surface area contributed by atoms with Crippen LogP contribution in [0.3, 0.4) is 0 Å². The van der Waals surface area contributed by atoms with E-state index in [-0.39, 0.29) is 43.0 Å².